The van der Waals surface area contributed by atoms with Gasteiger partial charge in [0.1, 0.15) is 5.75 Å². The molecule has 0 saturated heterocycles. The van der Waals surface area contributed by atoms with Gasteiger partial charge in [0.25, 0.3) is 5.91 Å². The van der Waals surface area contributed by atoms with E-state index in [2.05, 4.69) is 5.32 Å². The second kappa shape index (κ2) is 7.35. The van der Waals surface area contributed by atoms with Gasteiger partial charge in [0.15, 0.2) is 6.61 Å². The quantitative estimate of drug-likeness (QED) is 0.791. The van der Waals surface area contributed by atoms with Crippen molar-refractivity contribution < 1.29 is 22.7 Å². The van der Waals surface area contributed by atoms with Gasteiger partial charge in [-0.1, -0.05) is 17.7 Å². The lowest BCUT2D eigenvalue weighted by Gasteiger charge is -2.14. The van der Waals surface area contributed by atoms with E-state index in [9.17, 15) is 18.0 Å². The van der Waals surface area contributed by atoms with Crippen LogP contribution < -0.4 is 10.1 Å². The van der Waals surface area contributed by atoms with Crippen molar-refractivity contribution >= 4 is 23.2 Å². The number of anilines is 1. The first-order valence-electron chi connectivity index (χ1n) is 7.45. The van der Waals surface area contributed by atoms with Gasteiger partial charge in [0.05, 0.1) is 16.3 Å². The third-order valence-corrected chi connectivity index (χ3v) is 4.02. The summed E-state index contributed by atoms with van der Waals surface area (Å²) in [5.74, 6) is -0.0393. The average Bonchev–Trinajstić information content (AvgIpc) is 2.50. The molecule has 0 atom stereocenters. The van der Waals surface area contributed by atoms with E-state index in [-0.39, 0.29) is 17.3 Å². The largest absolute Gasteiger partial charge is 0.483 e. The highest BCUT2D eigenvalue weighted by Crippen LogP contribution is 2.33. The maximum Gasteiger partial charge on any atom is 0.416 e. The molecule has 3 nitrogen and oxygen atoms in total. The van der Waals surface area contributed by atoms with Crippen LogP contribution in [0.3, 0.4) is 0 Å². The summed E-state index contributed by atoms with van der Waals surface area (Å²) in [4.78, 5) is 12.0. The number of alkyl halides is 3. The van der Waals surface area contributed by atoms with Crippen LogP contribution in [-0.4, -0.2) is 12.5 Å². The maximum absolute atomic E-state index is 12.7. The third kappa shape index (κ3) is 4.89. The van der Waals surface area contributed by atoms with Crippen LogP contribution >= 0.6 is 11.6 Å². The Morgan fingerprint density at radius 3 is 2.48 bits per heavy atom. The minimum atomic E-state index is -4.52. The van der Waals surface area contributed by atoms with Crippen molar-refractivity contribution in [3.8, 4) is 5.75 Å². The fourth-order valence-electron chi connectivity index (χ4n) is 2.28. The van der Waals surface area contributed by atoms with E-state index in [1.54, 1.807) is 6.07 Å². The predicted molar refractivity (Wildman–Crippen MR) is 91.2 cm³/mol. The van der Waals surface area contributed by atoms with Crippen LogP contribution in [0.4, 0.5) is 18.9 Å². The van der Waals surface area contributed by atoms with Gasteiger partial charge in [0.2, 0.25) is 0 Å². The van der Waals surface area contributed by atoms with Crippen molar-refractivity contribution in [3.05, 3.63) is 57.6 Å². The number of aryl methyl sites for hydroxylation is 2. The zero-order chi connectivity index (χ0) is 18.8. The first kappa shape index (κ1) is 19.1. The summed E-state index contributed by atoms with van der Waals surface area (Å²) < 4.78 is 43.7. The molecule has 1 N–H and O–H groups in total. The number of ether oxygens (including phenoxy) is 1. The summed E-state index contributed by atoms with van der Waals surface area (Å²) in [6.07, 6.45) is -4.52. The molecule has 0 aliphatic heterocycles. The molecule has 2 rings (SSSR count). The molecule has 2 aromatic carbocycles. The highest BCUT2D eigenvalue weighted by Gasteiger charge is 2.31. The smallest absolute Gasteiger partial charge is 0.416 e. The Balaban J connectivity index is 2.09. The molecule has 0 aromatic heterocycles. The summed E-state index contributed by atoms with van der Waals surface area (Å²) in [6, 6.07) is 6.53. The first-order chi connectivity index (χ1) is 11.6. The fraction of sp³-hybridized carbons (Fsp3) is 0.278. The molecule has 0 fully saturated rings. The number of benzene rings is 2. The SMILES string of the molecule is Cc1cc(C)c(C)c(OCC(=O)Nc2cc(C(F)(F)F)ccc2Cl)c1. The number of carbonyl (C=O) groups excluding carboxylic acids is 1. The van der Waals surface area contributed by atoms with Gasteiger partial charge in [-0.25, -0.2) is 0 Å². The number of hydrogen-bond acceptors (Lipinski definition) is 2. The predicted octanol–water partition coefficient (Wildman–Crippen LogP) is 5.30. The molecule has 0 heterocycles. The average molecular weight is 372 g/mol. The molecule has 0 bridgehead atoms. The van der Waals surface area contributed by atoms with E-state index in [4.69, 9.17) is 16.3 Å². The molecule has 134 valence electrons. The van der Waals surface area contributed by atoms with Gasteiger partial charge in [-0.3, -0.25) is 4.79 Å². The first-order valence-corrected chi connectivity index (χ1v) is 7.83. The number of halogens is 4. The molecule has 0 aliphatic rings. The van der Waals surface area contributed by atoms with Crippen molar-refractivity contribution in [2.75, 3.05) is 11.9 Å². The lowest BCUT2D eigenvalue weighted by molar-refractivity contribution is -0.137. The van der Waals surface area contributed by atoms with Crippen molar-refractivity contribution in [1.29, 1.82) is 0 Å². The molecular weight excluding hydrogens is 355 g/mol. The zero-order valence-electron chi connectivity index (χ0n) is 13.9. The standard InChI is InChI=1S/C18H17ClF3NO2/c1-10-6-11(2)12(3)16(7-10)25-9-17(24)23-15-8-13(18(20,21)22)4-5-14(15)19/h4-8H,9H2,1-3H3,(H,23,24). The highest BCUT2D eigenvalue weighted by molar-refractivity contribution is 6.33. The third-order valence-electron chi connectivity index (χ3n) is 3.69. The number of hydrogen-bond donors (Lipinski definition) is 1. The zero-order valence-corrected chi connectivity index (χ0v) is 14.7. The summed E-state index contributed by atoms with van der Waals surface area (Å²) in [5, 5.41) is 2.36. The minimum Gasteiger partial charge on any atom is -0.483 e. The Hall–Kier alpha value is -2.21. The van der Waals surface area contributed by atoms with Crippen LogP contribution in [0, 0.1) is 20.8 Å². The summed E-state index contributed by atoms with van der Waals surface area (Å²) in [6.45, 7) is 5.36. The number of rotatable bonds is 4. The molecule has 1 amide bonds. The Morgan fingerprint density at radius 1 is 1.16 bits per heavy atom. The lowest BCUT2D eigenvalue weighted by Crippen LogP contribution is -2.21. The van der Waals surface area contributed by atoms with Crippen LogP contribution in [0.5, 0.6) is 5.75 Å². The molecule has 2 aromatic rings. The molecule has 0 unspecified atom stereocenters. The van der Waals surface area contributed by atoms with Crippen LogP contribution in [0.25, 0.3) is 0 Å². The van der Waals surface area contributed by atoms with Crippen molar-refractivity contribution in [3.63, 3.8) is 0 Å². The minimum absolute atomic E-state index is 0.0175. The lowest BCUT2D eigenvalue weighted by atomic mass is 10.1. The van der Waals surface area contributed by atoms with Crippen molar-refractivity contribution in [2.24, 2.45) is 0 Å². The molecule has 0 aliphatic carbocycles. The molecule has 7 heteroatoms. The fourth-order valence-corrected chi connectivity index (χ4v) is 2.44. The van der Waals surface area contributed by atoms with E-state index >= 15 is 0 Å². The summed E-state index contributed by atoms with van der Waals surface area (Å²) in [5.41, 5.74) is 1.91. The molecule has 0 radical (unpaired) electrons. The number of carbonyl (C=O) groups is 1. The van der Waals surface area contributed by atoms with Gasteiger partial charge < -0.3 is 10.1 Å². The maximum atomic E-state index is 12.7. The van der Waals surface area contributed by atoms with E-state index in [1.165, 1.54) is 0 Å². The Labute approximate surface area is 148 Å². The van der Waals surface area contributed by atoms with E-state index < -0.39 is 17.6 Å². The van der Waals surface area contributed by atoms with Crippen molar-refractivity contribution in [2.45, 2.75) is 26.9 Å². The molecular formula is C18H17ClF3NO2. The highest BCUT2D eigenvalue weighted by atomic mass is 35.5. The van der Waals surface area contributed by atoms with Gasteiger partial charge >= 0.3 is 6.18 Å². The van der Waals surface area contributed by atoms with E-state index in [1.807, 2.05) is 26.8 Å². The second-order valence-corrected chi connectivity index (χ2v) is 6.14. The Bertz CT molecular complexity index is 804. The monoisotopic (exact) mass is 371 g/mol. The van der Waals surface area contributed by atoms with Crippen LogP contribution in [0.15, 0.2) is 30.3 Å². The van der Waals surface area contributed by atoms with Gasteiger partial charge in [-0.2, -0.15) is 13.2 Å². The molecule has 0 spiro atoms. The number of amides is 1. The Kier molecular flexibility index (Phi) is 5.62. The second-order valence-electron chi connectivity index (χ2n) is 5.73. The van der Waals surface area contributed by atoms with Gasteiger partial charge in [-0.15, -0.1) is 0 Å². The molecule has 0 saturated carbocycles. The normalized spacial score (nSPS) is 11.3. The van der Waals surface area contributed by atoms with Crippen LogP contribution in [0.2, 0.25) is 5.02 Å². The van der Waals surface area contributed by atoms with Gasteiger partial charge in [-0.05, 0) is 61.7 Å². The summed E-state index contributed by atoms with van der Waals surface area (Å²) in [7, 11) is 0. The number of nitrogens with one attached hydrogen (secondary N) is 1. The van der Waals surface area contributed by atoms with Crippen LogP contribution in [0.1, 0.15) is 22.3 Å². The van der Waals surface area contributed by atoms with E-state index in [0.29, 0.717) is 5.75 Å². The van der Waals surface area contributed by atoms with Crippen LogP contribution in [-0.2, 0) is 11.0 Å². The van der Waals surface area contributed by atoms with E-state index in [0.717, 1.165) is 34.9 Å². The summed E-state index contributed by atoms with van der Waals surface area (Å²) >= 11 is 5.85. The molecule has 25 heavy (non-hydrogen) atoms. The van der Waals surface area contributed by atoms with Gasteiger partial charge in [0, 0.05) is 0 Å². The van der Waals surface area contributed by atoms with Crippen molar-refractivity contribution in [1.82, 2.24) is 0 Å². The Morgan fingerprint density at radius 2 is 1.84 bits per heavy atom. The topological polar surface area (TPSA) is 38.3 Å².